The highest BCUT2D eigenvalue weighted by molar-refractivity contribution is 6.60. The van der Waals surface area contributed by atoms with Gasteiger partial charge in [0.2, 0.25) is 0 Å². The highest BCUT2D eigenvalue weighted by Gasteiger charge is 2.39. The average molecular weight is 439 g/mol. The molecule has 9 heteroatoms. The molecule has 0 unspecified atom stereocenters. The van der Waals surface area contributed by atoms with E-state index in [0.717, 1.165) is 19.0 Å². The van der Waals surface area contributed by atoms with Crippen LogP contribution in [0.4, 0.5) is 0 Å². The number of aryl methyl sites for hydroxylation is 2. The molecule has 0 saturated carbocycles. The van der Waals surface area contributed by atoms with Crippen LogP contribution in [0.15, 0.2) is 24.5 Å². The van der Waals surface area contributed by atoms with Crippen molar-refractivity contribution < 1.29 is 17.8 Å². The predicted octanol–water partition coefficient (Wildman–Crippen LogP) is 3.00. The molecule has 0 amide bonds. The first-order valence-corrected chi connectivity index (χ1v) is 12.5. The quantitative estimate of drug-likeness (QED) is 0.150. The Bertz CT molecular complexity index is 559. The van der Waals surface area contributed by atoms with Gasteiger partial charge in [0.25, 0.3) is 0 Å². The van der Waals surface area contributed by atoms with E-state index in [4.69, 9.17) is 23.8 Å². The zero-order valence-electron chi connectivity index (χ0n) is 19.1. The molecule has 0 radical (unpaired) electrons. The fraction of sp³-hybridized carbons (Fsp3) is 0.667. The summed E-state index contributed by atoms with van der Waals surface area (Å²) >= 11 is 0. The summed E-state index contributed by atoms with van der Waals surface area (Å²) in [5.74, 6) is 0. The second-order valence-corrected chi connectivity index (χ2v) is 8.98. The van der Waals surface area contributed by atoms with Crippen LogP contribution in [0.25, 0.3) is 0 Å². The van der Waals surface area contributed by atoms with Gasteiger partial charge in [0.05, 0.1) is 0 Å². The number of rotatable bonds is 14. The van der Waals surface area contributed by atoms with E-state index in [-0.39, 0.29) is 0 Å². The lowest BCUT2D eigenvalue weighted by molar-refractivity contribution is -0.697. The average Bonchev–Trinajstić information content (AvgIpc) is 2.72. The van der Waals surface area contributed by atoms with Crippen LogP contribution >= 0.6 is 0 Å². The Morgan fingerprint density at radius 2 is 1.33 bits per heavy atom. The number of hydrogen-bond donors (Lipinski definition) is 2. The molecule has 1 aromatic rings. The standard InChI is InChI=1S/C19H36NO3Si.2CH2N2/c1-5-9-10-11-15-20-16-12-19(13-17-20)14-18-24(21-6-2,22-7-3)23-8-4;2*2-1-3/h12-13,16-17H,5-11,14-15,18H2,1-4H3;2*2H2/q+1;;. The third-order valence-electron chi connectivity index (χ3n) is 4.04. The molecule has 0 aliphatic heterocycles. The first-order valence-electron chi connectivity index (χ1n) is 10.6. The van der Waals surface area contributed by atoms with Crippen molar-refractivity contribution in [2.75, 3.05) is 19.8 Å². The van der Waals surface area contributed by atoms with E-state index in [2.05, 4.69) is 47.5 Å². The highest BCUT2D eigenvalue weighted by Crippen LogP contribution is 2.19. The van der Waals surface area contributed by atoms with Crippen molar-refractivity contribution in [1.29, 1.82) is 10.5 Å². The van der Waals surface area contributed by atoms with Crippen LogP contribution in [0.2, 0.25) is 6.04 Å². The van der Waals surface area contributed by atoms with Crippen LogP contribution < -0.4 is 16.0 Å². The molecule has 0 fully saturated rings. The lowest BCUT2D eigenvalue weighted by atomic mass is 10.2. The largest absolute Gasteiger partial charge is 0.501 e. The van der Waals surface area contributed by atoms with Crippen molar-refractivity contribution in [2.45, 2.75) is 72.4 Å². The zero-order chi connectivity index (χ0) is 23.1. The van der Waals surface area contributed by atoms with Gasteiger partial charge in [-0.2, -0.15) is 10.5 Å². The molecule has 30 heavy (non-hydrogen) atoms. The summed E-state index contributed by atoms with van der Waals surface area (Å²) in [6.07, 6.45) is 13.0. The van der Waals surface area contributed by atoms with Crippen LogP contribution in [0.1, 0.15) is 58.9 Å². The Balaban J connectivity index is 0. The summed E-state index contributed by atoms with van der Waals surface area (Å²) in [4.78, 5) is 0. The van der Waals surface area contributed by atoms with Crippen molar-refractivity contribution >= 4 is 8.80 Å². The van der Waals surface area contributed by atoms with Gasteiger partial charge in [-0.15, -0.1) is 0 Å². The van der Waals surface area contributed by atoms with Crippen molar-refractivity contribution in [1.82, 2.24) is 0 Å². The van der Waals surface area contributed by atoms with Crippen LogP contribution in [-0.4, -0.2) is 28.6 Å². The summed E-state index contributed by atoms with van der Waals surface area (Å²) < 4.78 is 20.0. The zero-order valence-corrected chi connectivity index (χ0v) is 20.1. The van der Waals surface area contributed by atoms with Gasteiger partial charge in [-0.05, 0) is 39.2 Å². The van der Waals surface area contributed by atoms with Gasteiger partial charge in [0, 0.05) is 44.4 Å². The number of nitrogens with two attached hydrogens (primary N) is 2. The predicted molar refractivity (Wildman–Crippen MR) is 120 cm³/mol. The van der Waals surface area contributed by atoms with E-state index in [1.165, 1.54) is 43.6 Å². The Labute approximate surface area is 183 Å². The van der Waals surface area contributed by atoms with Crippen LogP contribution in [0, 0.1) is 22.9 Å². The molecule has 0 atom stereocenters. The lowest BCUT2D eigenvalue weighted by Crippen LogP contribution is -2.46. The maximum atomic E-state index is 7.10. The smallest absolute Gasteiger partial charge is 0.374 e. The number of hydrogen-bond acceptors (Lipinski definition) is 7. The van der Waals surface area contributed by atoms with Gasteiger partial charge in [0.1, 0.15) is 6.54 Å². The normalized spacial score (nSPS) is 9.93. The number of nitriles is 2. The first kappa shape index (κ1) is 30.0. The summed E-state index contributed by atoms with van der Waals surface area (Å²) in [5.41, 5.74) is 9.62. The molecule has 0 aromatic carbocycles. The molecular weight excluding hydrogens is 398 g/mol. The van der Waals surface area contributed by atoms with E-state index in [1.807, 2.05) is 20.8 Å². The highest BCUT2D eigenvalue weighted by atomic mass is 28.4. The monoisotopic (exact) mass is 438 g/mol. The molecule has 1 aromatic heterocycles. The van der Waals surface area contributed by atoms with Crippen LogP contribution in [0.5, 0.6) is 0 Å². The Kier molecular flexibility index (Phi) is 21.6. The molecule has 0 bridgehead atoms. The molecule has 8 nitrogen and oxygen atoms in total. The van der Waals surface area contributed by atoms with Gasteiger partial charge in [-0.25, -0.2) is 4.57 Å². The number of pyridine rings is 1. The van der Waals surface area contributed by atoms with Gasteiger partial charge in [-0.1, -0.05) is 19.8 Å². The van der Waals surface area contributed by atoms with Gasteiger partial charge in [0.15, 0.2) is 24.8 Å². The lowest BCUT2D eigenvalue weighted by Gasteiger charge is -2.28. The summed E-state index contributed by atoms with van der Waals surface area (Å²) in [6, 6.07) is 5.26. The Hall–Kier alpha value is -2.17. The fourth-order valence-electron chi connectivity index (χ4n) is 2.82. The second-order valence-electron chi connectivity index (χ2n) is 6.25. The minimum Gasteiger partial charge on any atom is -0.374 e. The van der Waals surface area contributed by atoms with Crippen LogP contribution in [-0.2, 0) is 26.2 Å². The summed E-state index contributed by atoms with van der Waals surface area (Å²) in [5, 5.41) is 14.2. The molecule has 1 rings (SSSR count). The number of unbranched alkanes of at least 4 members (excludes halogenated alkanes) is 3. The first-order chi connectivity index (χ1) is 14.5. The van der Waals surface area contributed by atoms with E-state index >= 15 is 0 Å². The number of nitrogens with zero attached hydrogens (tertiary/aromatic N) is 3. The summed E-state index contributed by atoms with van der Waals surface area (Å²) in [7, 11) is -2.53. The molecule has 4 N–H and O–H groups in total. The van der Waals surface area contributed by atoms with Crippen molar-refractivity contribution in [2.24, 2.45) is 11.5 Å². The third-order valence-corrected chi connectivity index (χ3v) is 7.09. The Morgan fingerprint density at radius 1 is 0.867 bits per heavy atom. The number of aromatic nitrogens is 1. The van der Waals surface area contributed by atoms with Gasteiger partial charge in [-0.3, -0.25) is 0 Å². The molecule has 0 aliphatic rings. The van der Waals surface area contributed by atoms with Crippen molar-refractivity contribution in [3.05, 3.63) is 30.1 Å². The molecular formula is C21H40N5O3Si+. The van der Waals surface area contributed by atoms with E-state index < -0.39 is 8.80 Å². The summed E-state index contributed by atoms with van der Waals surface area (Å²) in [6.45, 7) is 11.3. The molecule has 0 spiro atoms. The molecule has 0 saturated heterocycles. The second kappa shape index (κ2) is 21.5. The van der Waals surface area contributed by atoms with Gasteiger partial charge >= 0.3 is 8.80 Å². The van der Waals surface area contributed by atoms with E-state index in [1.54, 1.807) is 0 Å². The topological polar surface area (TPSA) is 131 Å². The fourth-order valence-corrected chi connectivity index (χ4v) is 5.42. The minimum absolute atomic E-state index is 0.638. The molecule has 1 heterocycles. The maximum absolute atomic E-state index is 7.10. The van der Waals surface area contributed by atoms with Crippen molar-refractivity contribution in [3.63, 3.8) is 0 Å². The maximum Gasteiger partial charge on any atom is 0.501 e. The van der Waals surface area contributed by atoms with Crippen LogP contribution in [0.3, 0.4) is 0 Å². The third kappa shape index (κ3) is 15.7. The Morgan fingerprint density at radius 3 is 1.73 bits per heavy atom. The van der Waals surface area contributed by atoms with Crippen molar-refractivity contribution in [3.8, 4) is 12.4 Å². The van der Waals surface area contributed by atoms with E-state index in [9.17, 15) is 0 Å². The molecule has 170 valence electrons. The minimum atomic E-state index is -2.53. The van der Waals surface area contributed by atoms with Gasteiger partial charge < -0.3 is 24.7 Å². The SMILES string of the molecule is CCCCCC[n+]1ccc(CC[Si](OCC)(OCC)OCC)cc1.N#CN.N#CN. The molecule has 0 aliphatic carbocycles. The van der Waals surface area contributed by atoms with E-state index in [0.29, 0.717) is 19.8 Å².